The zero-order valence-electron chi connectivity index (χ0n) is 9.13. The van der Waals surface area contributed by atoms with Crippen molar-refractivity contribution in [1.82, 2.24) is 0 Å². The summed E-state index contributed by atoms with van der Waals surface area (Å²) in [6, 6.07) is 6.72. The Bertz CT molecular complexity index is 308. The van der Waals surface area contributed by atoms with E-state index in [-0.39, 0.29) is 0 Å². The lowest BCUT2D eigenvalue weighted by Crippen LogP contribution is -2.15. The van der Waals surface area contributed by atoms with Crippen molar-refractivity contribution in [1.29, 1.82) is 0 Å². The van der Waals surface area contributed by atoms with Gasteiger partial charge >= 0.3 is 0 Å². The maximum Gasteiger partial charge on any atom is 0.0597 e. The minimum absolute atomic E-state index is 0.447. The standard InChI is InChI=1S/C11H17BrN2/c1-8(2)13-10-7-9(12)5-6-11(10)14(3)4/h5-8,13H,1-4H3. The third-order valence-electron chi connectivity index (χ3n) is 1.88. The van der Waals surface area contributed by atoms with Crippen LogP contribution in [0.3, 0.4) is 0 Å². The van der Waals surface area contributed by atoms with Gasteiger partial charge in [-0.25, -0.2) is 0 Å². The number of nitrogens with one attached hydrogen (secondary N) is 1. The minimum atomic E-state index is 0.447. The third kappa shape index (κ3) is 2.91. The monoisotopic (exact) mass is 256 g/mol. The van der Waals surface area contributed by atoms with Gasteiger partial charge in [0.2, 0.25) is 0 Å². The maximum absolute atomic E-state index is 3.48. The molecule has 0 unspecified atom stereocenters. The van der Waals surface area contributed by atoms with Crippen LogP contribution in [0.2, 0.25) is 0 Å². The molecule has 1 aromatic carbocycles. The van der Waals surface area contributed by atoms with E-state index in [0.717, 1.165) is 4.47 Å². The highest BCUT2D eigenvalue weighted by Crippen LogP contribution is 2.28. The second-order valence-corrected chi connectivity index (χ2v) is 4.77. The van der Waals surface area contributed by atoms with Gasteiger partial charge < -0.3 is 10.2 Å². The van der Waals surface area contributed by atoms with Crippen LogP contribution >= 0.6 is 15.9 Å². The molecule has 0 aliphatic heterocycles. The molecule has 0 aliphatic rings. The van der Waals surface area contributed by atoms with Crippen LogP contribution in [0.1, 0.15) is 13.8 Å². The van der Waals surface area contributed by atoms with Crippen molar-refractivity contribution in [3.63, 3.8) is 0 Å². The number of rotatable bonds is 3. The van der Waals surface area contributed by atoms with Crippen molar-refractivity contribution in [2.24, 2.45) is 0 Å². The Morgan fingerprint density at radius 3 is 2.43 bits per heavy atom. The van der Waals surface area contributed by atoms with E-state index >= 15 is 0 Å². The molecule has 0 spiro atoms. The molecule has 2 nitrogen and oxygen atoms in total. The van der Waals surface area contributed by atoms with Gasteiger partial charge in [-0.05, 0) is 32.0 Å². The van der Waals surface area contributed by atoms with E-state index in [1.165, 1.54) is 11.4 Å². The summed E-state index contributed by atoms with van der Waals surface area (Å²) in [4.78, 5) is 2.11. The molecule has 0 heterocycles. The Morgan fingerprint density at radius 2 is 1.93 bits per heavy atom. The van der Waals surface area contributed by atoms with Gasteiger partial charge in [0.15, 0.2) is 0 Å². The third-order valence-corrected chi connectivity index (χ3v) is 2.38. The average molecular weight is 257 g/mol. The first kappa shape index (κ1) is 11.4. The predicted octanol–water partition coefficient (Wildman–Crippen LogP) is 3.34. The number of halogens is 1. The summed E-state index contributed by atoms with van der Waals surface area (Å²) in [5.41, 5.74) is 2.38. The number of anilines is 2. The molecule has 78 valence electrons. The van der Waals surface area contributed by atoms with Crippen LogP contribution in [-0.4, -0.2) is 20.1 Å². The van der Waals surface area contributed by atoms with Gasteiger partial charge in [-0.15, -0.1) is 0 Å². The average Bonchev–Trinajstić information content (AvgIpc) is 2.01. The van der Waals surface area contributed by atoms with Gasteiger partial charge in [0.25, 0.3) is 0 Å². The quantitative estimate of drug-likeness (QED) is 0.893. The van der Waals surface area contributed by atoms with E-state index in [4.69, 9.17) is 0 Å². The second kappa shape index (κ2) is 4.69. The van der Waals surface area contributed by atoms with Crippen LogP contribution in [0.4, 0.5) is 11.4 Å². The fourth-order valence-electron chi connectivity index (χ4n) is 1.32. The molecule has 14 heavy (non-hydrogen) atoms. The summed E-state index contributed by atoms with van der Waals surface area (Å²) in [5.74, 6) is 0. The molecule has 0 saturated carbocycles. The highest BCUT2D eigenvalue weighted by Gasteiger charge is 2.05. The molecule has 1 N–H and O–H groups in total. The molecular weight excluding hydrogens is 240 g/mol. The molecule has 0 amide bonds. The fourth-order valence-corrected chi connectivity index (χ4v) is 1.69. The molecule has 3 heteroatoms. The van der Waals surface area contributed by atoms with Crippen LogP contribution in [0, 0.1) is 0 Å². The van der Waals surface area contributed by atoms with E-state index in [9.17, 15) is 0 Å². The Balaban J connectivity index is 3.03. The molecule has 0 saturated heterocycles. The van der Waals surface area contributed by atoms with Crippen LogP contribution in [0.25, 0.3) is 0 Å². The Hall–Kier alpha value is -0.700. The minimum Gasteiger partial charge on any atom is -0.381 e. The molecule has 1 rings (SSSR count). The van der Waals surface area contributed by atoms with Crippen LogP contribution < -0.4 is 10.2 Å². The summed E-state index contributed by atoms with van der Waals surface area (Å²) >= 11 is 3.48. The summed E-state index contributed by atoms with van der Waals surface area (Å²) < 4.78 is 1.10. The molecule has 0 bridgehead atoms. The number of hydrogen-bond acceptors (Lipinski definition) is 2. The van der Waals surface area contributed by atoms with Gasteiger partial charge in [-0.3, -0.25) is 0 Å². The Kier molecular flexibility index (Phi) is 3.81. The van der Waals surface area contributed by atoms with Crippen LogP contribution in [0.5, 0.6) is 0 Å². The lowest BCUT2D eigenvalue weighted by Gasteiger charge is -2.20. The van der Waals surface area contributed by atoms with E-state index in [2.05, 4.69) is 72.3 Å². The van der Waals surface area contributed by atoms with Crippen molar-refractivity contribution < 1.29 is 0 Å². The Labute approximate surface area is 94.4 Å². The number of benzene rings is 1. The van der Waals surface area contributed by atoms with Crippen molar-refractivity contribution >= 4 is 27.3 Å². The van der Waals surface area contributed by atoms with Gasteiger partial charge in [0, 0.05) is 24.6 Å². The maximum atomic E-state index is 3.48. The Morgan fingerprint density at radius 1 is 1.29 bits per heavy atom. The van der Waals surface area contributed by atoms with E-state index < -0.39 is 0 Å². The molecular formula is C11H17BrN2. The van der Waals surface area contributed by atoms with Crippen molar-refractivity contribution in [2.45, 2.75) is 19.9 Å². The van der Waals surface area contributed by atoms with Crippen LogP contribution in [0.15, 0.2) is 22.7 Å². The van der Waals surface area contributed by atoms with Crippen LogP contribution in [-0.2, 0) is 0 Å². The summed E-state index contributed by atoms with van der Waals surface area (Å²) in [6.07, 6.45) is 0. The summed E-state index contributed by atoms with van der Waals surface area (Å²) in [7, 11) is 4.10. The first-order valence-electron chi connectivity index (χ1n) is 4.74. The van der Waals surface area contributed by atoms with E-state index in [0.29, 0.717) is 6.04 Å². The molecule has 1 aromatic rings. The van der Waals surface area contributed by atoms with E-state index in [1.54, 1.807) is 0 Å². The molecule has 0 aliphatic carbocycles. The first-order valence-corrected chi connectivity index (χ1v) is 5.53. The summed E-state index contributed by atoms with van der Waals surface area (Å²) in [6.45, 7) is 4.28. The fraction of sp³-hybridized carbons (Fsp3) is 0.455. The molecule has 0 radical (unpaired) electrons. The van der Waals surface area contributed by atoms with E-state index in [1.807, 2.05) is 0 Å². The highest BCUT2D eigenvalue weighted by molar-refractivity contribution is 9.10. The van der Waals surface area contributed by atoms with Crippen molar-refractivity contribution in [3.8, 4) is 0 Å². The zero-order valence-corrected chi connectivity index (χ0v) is 10.7. The van der Waals surface area contributed by atoms with Gasteiger partial charge in [-0.2, -0.15) is 0 Å². The summed E-state index contributed by atoms with van der Waals surface area (Å²) in [5, 5.41) is 3.42. The van der Waals surface area contributed by atoms with Gasteiger partial charge in [-0.1, -0.05) is 15.9 Å². The SMILES string of the molecule is CC(C)Nc1cc(Br)ccc1N(C)C. The highest BCUT2D eigenvalue weighted by atomic mass is 79.9. The predicted molar refractivity (Wildman–Crippen MR) is 67.2 cm³/mol. The van der Waals surface area contributed by atoms with Gasteiger partial charge in [0.1, 0.15) is 0 Å². The number of hydrogen-bond donors (Lipinski definition) is 1. The normalized spacial score (nSPS) is 10.4. The smallest absolute Gasteiger partial charge is 0.0597 e. The second-order valence-electron chi connectivity index (χ2n) is 3.85. The largest absolute Gasteiger partial charge is 0.381 e. The number of nitrogens with zero attached hydrogens (tertiary/aromatic N) is 1. The lowest BCUT2D eigenvalue weighted by molar-refractivity contribution is 0.897. The molecule has 0 fully saturated rings. The first-order chi connectivity index (χ1) is 6.50. The topological polar surface area (TPSA) is 15.3 Å². The van der Waals surface area contributed by atoms with Gasteiger partial charge in [0.05, 0.1) is 11.4 Å². The lowest BCUT2D eigenvalue weighted by atomic mass is 10.2. The van der Waals surface area contributed by atoms with Crippen molar-refractivity contribution in [3.05, 3.63) is 22.7 Å². The molecule has 0 atom stereocenters. The molecule has 0 aromatic heterocycles. The zero-order chi connectivity index (χ0) is 10.7. The van der Waals surface area contributed by atoms with Crippen molar-refractivity contribution in [2.75, 3.05) is 24.3 Å².